The van der Waals surface area contributed by atoms with Gasteiger partial charge in [-0.15, -0.1) is 0 Å². The molecule has 3 heterocycles. The fourth-order valence-corrected chi connectivity index (χ4v) is 4.10. The highest BCUT2D eigenvalue weighted by atomic mass is 35.5. The standard InChI is InChI=1S/C21H21ClN4O/c22-17-7-5-16(6-8-17)18-15-26-20-4-2-1-3-19(20)25(21(26)23-18)10-9-24-11-13-27-14-12-24/h1-8,15H,9-14H2/p+2. The molecule has 0 aliphatic carbocycles. The van der Waals surface area contributed by atoms with Crippen LogP contribution in [0.4, 0.5) is 0 Å². The molecule has 5 rings (SSSR count). The van der Waals surface area contributed by atoms with Gasteiger partial charge in [-0.25, -0.2) is 9.55 Å². The molecular weight excluding hydrogens is 360 g/mol. The van der Waals surface area contributed by atoms with Crippen molar-refractivity contribution >= 4 is 28.4 Å². The zero-order valence-electron chi connectivity index (χ0n) is 15.1. The van der Waals surface area contributed by atoms with Crippen LogP contribution in [0.3, 0.4) is 0 Å². The lowest BCUT2D eigenvalue weighted by molar-refractivity contribution is -0.923. The second-order valence-corrected chi connectivity index (χ2v) is 7.56. The second kappa shape index (κ2) is 7.00. The molecular formula is C21H23ClN4O+2. The van der Waals surface area contributed by atoms with E-state index in [1.54, 1.807) is 4.90 Å². The summed E-state index contributed by atoms with van der Waals surface area (Å²) in [4.78, 5) is 5.24. The van der Waals surface area contributed by atoms with Gasteiger partial charge in [-0.3, -0.25) is 0 Å². The minimum atomic E-state index is 0.756. The van der Waals surface area contributed by atoms with Crippen LogP contribution < -0.4 is 9.47 Å². The Morgan fingerprint density at radius 3 is 2.67 bits per heavy atom. The van der Waals surface area contributed by atoms with Crippen LogP contribution in [-0.4, -0.2) is 42.2 Å². The van der Waals surface area contributed by atoms with Crippen molar-refractivity contribution in [3.63, 3.8) is 0 Å². The Bertz CT molecular complexity index is 1080. The summed E-state index contributed by atoms with van der Waals surface area (Å²) in [6.07, 6.45) is 2.18. The van der Waals surface area contributed by atoms with Crippen molar-refractivity contribution in [2.24, 2.45) is 0 Å². The van der Waals surface area contributed by atoms with Crippen LogP contribution in [0, 0.1) is 0 Å². The van der Waals surface area contributed by atoms with Crippen molar-refractivity contribution in [2.45, 2.75) is 6.54 Å². The van der Waals surface area contributed by atoms with Crippen LogP contribution in [0.25, 0.3) is 28.1 Å². The number of hydrogen-bond donors (Lipinski definition) is 2. The van der Waals surface area contributed by atoms with E-state index in [0.29, 0.717) is 0 Å². The minimum absolute atomic E-state index is 0.756. The summed E-state index contributed by atoms with van der Waals surface area (Å²) in [7, 11) is 0. The summed E-state index contributed by atoms with van der Waals surface area (Å²) in [6.45, 7) is 6.01. The van der Waals surface area contributed by atoms with Gasteiger partial charge in [0.15, 0.2) is 0 Å². The Hall–Kier alpha value is -2.34. The predicted molar refractivity (Wildman–Crippen MR) is 106 cm³/mol. The van der Waals surface area contributed by atoms with Crippen LogP contribution in [0.15, 0.2) is 54.7 Å². The Labute approximate surface area is 162 Å². The summed E-state index contributed by atoms with van der Waals surface area (Å²) >= 11 is 6.04. The fraction of sp³-hybridized carbons (Fsp3) is 0.286. The first kappa shape index (κ1) is 16.8. The van der Waals surface area contributed by atoms with Gasteiger partial charge in [-0.2, -0.15) is 4.40 Å². The Balaban J connectivity index is 1.55. The third kappa shape index (κ3) is 3.12. The predicted octanol–water partition coefficient (Wildman–Crippen LogP) is 1.94. The number of aromatic amines is 1. The largest absolute Gasteiger partial charge is 0.370 e. The van der Waals surface area contributed by atoms with E-state index in [0.717, 1.165) is 61.5 Å². The number of benzene rings is 2. The molecule has 138 valence electrons. The normalized spacial score (nSPS) is 15.7. The van der Waals surface area contributed by atoms with Crippen LogP contribution in [0.5, 0.6) is 0 Å². The number of morpholine rings is 1. The minimum Gasteiger partial charge on any atom is -0.370 e. The lowest BCUT2D eigenvalue weighted by atomic mass is 10.2. The van der Waals surface area contributed by atoms with Crippen molar-refractivity contribution in [3.05, 3.63) is 59.8 Å². The second-order valence-electron chi connectivity index (χ2n) is 7.12. The number of hydrogen-bond acceptors (Lipinski definition) is 1. The molecule has 27 heavy (non-hydrogen) atoms. The number of H-pyrrole nitrogens is 1. The quantitative estimate of drug-likeness (QED) is 0.520. The number of halogens is 1. The highest BCUT2D eigenvalue weighted by molar-refractivity contribution is 6.30. The molecule has 0 unspecified atom stereocenters. The fourth-order valence-electron chi connectivity index (χ4n) is 3.98. The average molecular weight is 383 g/mol. The van der Waals surface area contributed by atoms with Crippen molar-refractivity contribution in [1.82, 2.24) is 9.38 Å². The summed E-state index contributed by atoms with van der Waals surface area (Å²) < 4.78 is 10.1. The first-order valence-corrected chi connectivity index (χ1v) is 9.86. The van der Waals surface area contributed by atoms with E-state index < -0.39 is 0 Å². The van der Waals surface area contributed by atoms with Gasteiger partial charge in [0.25, 0.3) is 0 Å². The molecule has 0 amide bonds. The summed E-state index contributed by atoms with van der Waals surface area (Å²) in [5, 5.41) is 0.756. The Kier molecular flexibility index (Phi) is 4.36. The Morgan fingerprint density at radius 2 is 1.85 bits per heavy atom. The average Bonchev–Trinajstić information content (AvgIpc) is 3.26. The molecule has 1 fully saturated rings. The van der Waals surface area contributed by atoms with E-state index in [4.69, 9.17) is 16.3 Å². The number of rotatable bonds is 4. The number of nitrogens with one attached hydrogen (secondary N) is 2. The van der Waals surface area contributed by atoms with E-state index in [1.807, 2.05) is 12.1 Å². The molecule has 1 saturated heterocycles. The van der Waals surface area contributed by atoms with Crippen LogP contribution in [-0.2, 0) is 11.3 Å². The molecule has 1 aliphatic rings. The zero-order valence-corrected chi connectivity index (χ0v) is 15.9. The van der Waals surface area contributed by atoms with Crippen molar-refractivity contribution < 1.29 is 14.2 Å². The molecule has 5 nitrogen and oxygen atoms in total. The van der Waals surface area contributed by atoms with Gasteiger partial charge in [0.1, 0.15) is 49.1 Å². The first-order valence-electron chi connectivity index (χ1n) is 9.48. The lowest BCUT2D eigenvalue weighted by Gasteiger charge is -2.23. The van der Waals surface area contributed by atoms with E-state index in [1.165, 1.54) is 11.0 Å². The maximum atomic E-state index is 6.04. The van der Waals surface area contributed by atoms with Crippen molar-refractivity contribution in [2.75, 3.05) is 32.8 Å². The van der Waals surface area contributed by atoms with Crippen molar-refractivity contribution in [3.8, 4) is 11.3 Å². The van der Waals surface area contributed by atoms with Crippen LogP contribution in [0.1, 0.15) is 0 Å². The van der Waals surface area contributed by atoms with Gasteiger partial charge < -0.3 is 9.64 Å². The first-order chi connectivity index (χ1) is 13.3. The van der Waals surface area contributed by atoms with E-state index >= 15 is 0 Å². The molecule has 2 aromatic heterocycles. The number of quaternary nitrogens is 1. The van der Waals surface area contributed by atoms with E-state index in [-0.39, 0.29) is 0 Å². The van der Waals surface area contributed by atoms with Gasteiger partial charge in [-0.1, -0.05) is 23.7 Å². The molecule has 2 N–H and O–H groups in total. The monoisotopic (exact) mass is 382 g/mol. The summed E-state index contributed by atoms with van der Waals surface area (Å²) in [5.74, 6) is 1.12. The van der Waals surface area contributed by atoms with E-state index in [2.05, 4.69) is 56.5 Å². The molecule has 4 aromatic rings. The smallest absolute Gasteiger partial charge is 0.368 e. The Morgan fingerprint density at radius 1 is 1.07 bits per heavy atom. The lowest BCUT2D eigenvalue weighted by Crippen LogP contribution is -3.14. The van der Waals surface area contributed by atoms with Crippen LogP contribution >= 0.6 is 11.6 Å². The molecule has 6 heteroatoms. The van der Waals surface area contributed by atoms with Gasteiger partial charge in [0, 0.05) is 10.6 Å². The third-order valence-corrected chi connectivity index (χ3v) is 5.72. The SMILES string of the molecule is Clc1ccc(-c2cn3c4ccccc4[n+](CC[NH+]4CCOCC4)c3[nH]2)cc1. The molecule has 0 radical (unpaired) electrons. The number of nitrogens with zero attached hydrogens (tertiary/aromatic N) is 2. The number of aromatic nitrogens is 3. The number of fused-ring (bicyclic) bond motifs is 3. The zero-order chi connectivity index (χ0) is 18.2. The molecule has 2 aromatic carbocycles. The van der Waals surface area contributed by atoms with E-state index in [9.17, 15) is 0 Å². The topological polar surface area (TPSA) is 37.8 Å². The maximum absolute atomic E-state index is 6.04. The molecule has 0 spiro atoms. The maximum Gasteiger partial charge on any atom is 0.368 e. The van der Waals surface area contributed by atoms with Crippen molar-refractivity contribution in [1.29, 1.82) is 0 Å². The summed E-state index contributed by atoms with van der Waals surface area (Å²) in [5.41, 5.74) is 4.72. The number of ether oxygens (including phenoxy) is 1. The molecule has 0 atom stereocenters. The number of para-hydroxylation sites is 2. The van der Waals surface area contributed by atoms with Gasteiger partial charge in [-0.05, 0) is 36.4 Å². The molecule has 1 aliphatic heterocycles. The van der Waals surface area contributed by atoms with Gasteiger partial charge >= 0.3 is 5.78 Å². The summed E-state index contributed by atoms with van der Waals surface area (Å²) in [6, 6.07) is 16.6. The third-order valence-electron chi connectivity index (χ3n) is 5.46. The van der Waals surface area contributed by atoms with Gasteiger partial charge in [0.05, 0.1) is 13.2 Å². The molecule has 0 bridgehead atoms. The van der Waals surface area contributed by atoms with Gasteiger partial charge in [0.2, 0.25) is 0 Å². The highest BCUT2D eigenvalue weighted by Crippen LogP contribution is 2.23. The number of imidazole rings is 2. The van der Waals surface area contributed by atoms with Crippen LogP contribution in [0.2, 0.25) is 5.02 Å². The highest BCUT2D eigenvalue weighted by Gasteiger charge is 2.23. The molecule has 0 saturated carbocycles.